The molecule has 88 valence electrons. The van der Waals surface area contributed by atoms with Crippen molar-refractivity contribution in [1.29, 1.82) is 0 Å². The van der Waals surface area contributed by atoms with Crippen LogP contribution in [-0.4, -0.2) is 23.0 Å². The van der Waals surface area contributed by atoms with Crippen LogP contribution in [0.25, 0.3) is 0 Å². The fourth-order valence-electron chi connectivity index (χ4n) is 1.92. The van der Waals surface area contributed by atoms with Gasteiger partial charge in [-0.2, -0.15) is 0 Å². The van der Waals surface area contributed by atoms with Gasteiger partial charge < -0.3 is 15.1 Å². The molecule has 1 aliphatic rings. The molecule has 1 unspecified atom stereocenters. The molecule has 5 nitrogen and oxygen atoms in total. The van der Waals surface area contributed by atoms with Gasteiger partial charge in [-0.1, -0.05) is 0 Å². The molecule has 16 heavy (non-hydrogen) atoms. The van der Waals surface area contributed by atoms with E-state index < -0.39 is 5.54 Å². The summed E-state index contributed by atoms with van der Waals surface area (Å²) in [5, 5.41) is 6.05. The Labute approximate surface area is 94.6 Å². The van der Waals surface area contributed by atoms with Crippen molar-refractivity contribution in [2.24, 2.45) is 0 Å². The summed E-state index contributed by atoms with van der Waals surface area (Å²) in [4.78, 5) is 15.9. The topological polar surface area (TPSA) is 67.2 Å². The number of carbonyl (C=O) groups excluding carboxylic acids is 1. The van der Waals surface area contributed by atoms with Crippen molar-refractivity contribution in [3.63, 3.8) is 0 Å². The fraction of sp³-hybridized carbons (Fsp3) is 0.636. The fourth-order valence-corrected chi connectivity index (χ4v) is 1.92. The molecule has 2 rings (SSSR count). The van der Waals surface area contributed by atoms with Crippen molar-refractivity contribution in [2.75, 3.05) is 6.54 Å². The van der Waals surface area contributed by atoms with Crippen LogP contribution in [0.3, 0.4) is 0 Å². The molecule has 0 saturated carbocycles. The highest BCUT2D eigenvalue weighted by Gasteiger charge is 2.35. The second kappa shape index (κ2) is 4.25. The van der Waals surface area contributed by atoms with Crippen LogP contribution in [0.15, 0.2) is 10.6 Å². The number of hydrogen-bond acceptors (Lipinski definition) is 4. The van der Waals surface area contributed by atoms with E-state index in [1.54, 1.807) is 6.20 Å². The van der Waals surface area contributed by atoms with E-state index >= 15 is 0 Å². The minimum absolute atomic E-state index is 0.0147. The Morgan fingerprint density at radius 3 is 3.12 bits per heavy atom. The number of carbonyl (C=O) groups is 1. The summed E-state index contributed by atoms with van der Waals surface area (Å²) >= 11 is 0. The van der Waals surface area contributed by atoms with Crippen molar-refractivity contribution in [3.05, 3.63) is 17.8 Å². The smallest absolute Gasteiger partial charge is 0.240 e. The third-order valence-electron chi connectivity index (χ3n) is 2.94. The molecule has 2 heterocycles. The number of nitrogens with zero attached hydrogens (tertiary/aromatic N) is 1. The summed E-state index contributed by atoms with van der Waals surface area (Å²) in [5.74, 6) is 1.32. The zero-order valence-corrected chi connectivity index (χ0v) is 9.67. The molecular formula is C11H17N3O2. The van der Waals surface area contributed by atoms with Gasteiger partial charge in [-0.25, -0.2) is 4.98 Å². The second-order valence-corrected chi connectivity index (χ2v) is 4.41. The third kappa shape index (κ3) is 2.24. The zero-order valence-electron chi connectivity index (χ0n) is 9.67. The third-order valence-corrected chi connectivity index (χ3v) is 2.94. The molecule has 5 heteroatoms. The number of oxazole rings is 1. The van der Waals surface area contributed by atoms with Crippen molar-refractivity contribution in [1.82, 2.24) is 15.6 Å². The molecule has 1 atom stereocenters. The van der Waals surface area contributed by atoms with Crippen LogP contribution < -0.4 is 10.6 Å². The van der Waals surface area contributed by atoms with Gasteiger partial charge in [0.25, 0.3) is 0 Å². The molecule has 1 aliphatic heterocycles. The molecule has 0 aliphatic carbocycles. The molecule has 0 spiro atoms. The van der Waals surface area contributed by atoms with Gasteiger partial charge in [0.05, 0.1) is 18.3 Å². The Balaban J connectivity index is 1.88. The number of amides is 1. The van der Waals surface area contributed by atoms with Crippen LogP contribution >= 0.6 is 0 Å². The second-order valence-electron chi connectivity index (χ2n) is 4.41. The van der Waals surface area contributed by atoms with E-state index in [9.17, 15) is 4.79 Å². The number of aryl methyl sites for hydroxylation is 1. The van der Waals surface area contributed by atoms with E-state index in [1.165, 1.54) is 0 Å². The van der Waals surface area contributed by atoms with Crippen molar-refractivity contribution in [2.45, 2.75) is 38.8 Å². The van der Waals surface area contributed by atoms with Crippen LogP contribution in [0, 0.1) is 6.92 Å². The quantitative estimate of drug-likeness (QED) is 0.793. The van der Waals surface area contributed by atoms with E-state index in [4.69, 9.17) is 4.42 Å². The maximum absolute atomic E-state index is 11.9. The van der Waals surface area contributed by atoms with Crippen LogP contribution in [-0.2, 0) is 11.3 Å². The monoisotopic (exact) mass is 223 g/mol. The Morgan fingerprint density at radius 2 is 2.56 bits per heavy atom. The predicted molar refractivity (Wildman–Crippen MR) is 58.7 cm³/mol. The van der Waals surface area contributed by atoms with Gasteiger partial charge in [0.1, 0.15) is 5.76 Å². The zero-order chi connectivity index (χ0) is 11.6. The Kier molecular flexibility index (Phi) is 2.96. The Morgan fingerprint density at radius 1 is 1.75 bits per heavy atom. The Bertz CT molecular complexity index is 380. The van der Waals surface area contributed by atoms with E-state index in [0.717, 1.165) is 25.1 Å². The molecule has 0 radical (unpaired) electrons. The van der Waals surface area contributed by atoms with Crippen LogP contribution in [0.1, 0.15) is 31.4 Å². The summed E-state index contributed by atoms with van der Waals surface area (Å²) in [6, 6.07) is 0. The number of aromatic nitrogens is 1. The van der Waals surface area contributed by atoms with Gasteiger partial charge in [-0.05, 0) is 33.2 Å². The lowest BCUT2D eigenvalue weighted by molar-refractivity contribution is -0.126. The van der Waals surface area contributed by atoms with Crippen LogP contribution in [0.2, 0.25) is 0 Å². The molecule has 0 aromatic carbocycles. The lowest BCUT2D eigenvalue weighted by Gasteiger charge is -2.22. The van der Waals surface area contributed by atoms with Crippen molar-refractivity contribution < 1.29 is 9.21 Å². The summed E-state index contributed by atoms with van der Waals surface area (Å²) in [5.41, 5.74) is -0.429. The highest BCUT2D eigenvalue weighted by atomic mass is 16.4. The largest absolute Gasteiger partial charge is 0.444 e. The molecule has 1 aromatic rings. The first-order valence-corrected chi connectivity index (χ1v) is 5.55. The summed E-state index contributed by atoms with van der Waals surface area (Å²) < 4.78 is 5.28. The average Bonchev–Trinajstić information content (AvgIpc) is 2.85. The highest BCUT2D eigenvalue weighted by Crippen LogP contribution is 2.18. The van der Waals surface area contributed by atoms with Gasteiger partial charge in [-0.15, -0.1) is 0 Å². The standard InChI is InChI=1S/C11H17N3O2/c1-8-6-12-9(16-8)7-13-10(15)11(2)4-3-5-14-11/h6,14H,3-5,7H2,1-2H3,(H,13,15). The minimum atomic E-state index is -0.429. The van der Waals surface area contributed by atoms with E-state index in [2.05, 4.69) is 15.6 Å². The van der Waals surface area contributed by atoms with Crippen molar-refractivity contribution >= 4 is 5.91 Å². The van der Waals surface area contributed by atoms with Gasteiger partial charge in [0.2, 0.25) is 11.8 Å². The van der Waals surface area contributed by atoms with Gasteiger partial charge >= 0.3 is 0 Å². The normalized spacial score (nSPS) is 24.6. The summed E-state index contributed by atoms with van der Waals surface area (Å²) in [6.07, 6.45) is 3.57. The summed E-state index contributed by atoms with van der Waals surface area (Å²) in [6.45, 7) is 5.01. The molecular weight excluding hydrogens is 206 g/mol. The van der Waals surface area contributed by atoms with E-state index in [0.29, 0.717) is 12.4 Å². The first-order chi connectivity index (χ1) is 7.60. The molecule has 0 bridgehead atoms. The molecule has 1 fully saturated rings. The van der Waals surface area contributed by atoms with Crippen LogP contribution in [0.5, 0.6) is 0 Å². The SMILES string of the molecule is Cc1cnc(CNC(=O)C2(C)CCCN2)o1. The van der Waals surface area contributed by atoms with E-state index in [1.807, 2.05) is 13.8 Å². The first kappa shape index (κ1) is 11.1. The number of nitrogens with one attached hydrogen (secondary N) is 2. The highest BCUT2D eigenvalue weighted by molar-refractivity contribution is 5.86. The van der Waals surface area contributed by atoms with Gasteiger partial charge in [0.15, 0.2) is 0 Å². The molecule has 1 amide bonds. The van der Waals surface area contributed by atoms with Crippen LogP contribution in [0.4, 0.5) is 0 Å². The molecule has 1 saturated heterocycles. The lowest BCUT2D eigenvalue weighted by Crippen LogP contribution is -2.50. The number of hydrogen-bond donors (Lipinski definition) is 2. The predicted octanol–water partition coefficient (Wildman–Crippen LogP) is 0.741. The molecule has 2 N–H and O–H groups in total. The van der Waals surface area contributed by atoms with E-state index in [-0.39, 0.29) is 5.91 Å². The maximum Gasteiger partial charge on any atom is 0.240 e. The lowest BCUT2D eigenvalue weighted by atomic mass is 9.99. The minimum Gasteiger partial charge on any atom is -0.444 e. The first-order valence-electron chi connectivity index (χ1n) is 5.55. The van der Waals surface area contributed by atoms with Gasteiger partial charge in [-0.3, -0.25) is 4.79 Å². The maximum atomic E-state index is 11.9. The van der Waals surface area contributed by atoms with Crippen molar-refractivity contribution in [3.8, 4) is 0 Å². The average molecular weight is 223 g/mol. The Hall–Kier alpha value is -1.36. The summed E-state index contributed by atoms with van der Waals surface area (Å²) in [7, 11) is 0. The number of rotatable bonds is 3. The molecule has 1 aromatic heterocycles. The van der Waals surface area contributed by atoms with Gasteiger partial charge in [0, 0.05) is 0 Å².